The maximum absolute atomic E-state index is 12.1. The molecular weight excluding hydrogens is 306 g/mol. The first-order chi connectivity index (χ1) is 10.2. The molecule has 1 unspecified atom stereocenters. The summed E-state index contributed by atoms with van der Waals surface area (Å²) in [4.78, 5) is 18.8. The van der Waals surface area contributed by atoms with E-state index in [2.05, 4.69) is 32.7 Å². The van der Waals surface area contributed by atoms with E-state index in [9.17, 15) is 4.79 Å². The molecule has 1 atom stereocenters. The van der Waals surface area contributed by atoms with Crippen molar-refractivity contribution in [2.45, 2.75) is 25.4 Å². The number of nitrogens with zero attached hydrogens (tertiary/aromatic N) is 1. The summed E-state index contributed by atoms with van der Waals surface area (Å²) in [6.45, 7) is 2.97. The van der Waals surface area contributed by atoms with Gasteiger partial charge < -0.3 is 10.3 Å². The van der Waals surface area contributed by atoms with Gasteiger partial charge in [0.25, 0.3) is 5.91 Å². The number of rotatable bonds is 4. The number of carbonyl (C=O) groups excluding carboxylic acids is 1. The quantitative estimate of drug-likeness (QED) is 0.908. The van der Waals surface area contributed by atoms with E-state index in [1.807, 2.05) is 0 Å². The molecular formula is C15H18ClN3OS. The molecule has 1 aliphatic heterocycles. The number of hydrogen-bond donors (Lipinski definition) is 2. The third-order valence-corrected chi connectivity index (χ3v) is 4.77. The van der Waals surface area contributed by atoms with Crippen molar-refractivity contribution in [3.8, 4) is 0 Å². The fraction of sp³-hybridized carbons (Fsp3) is 0.400. The van der Waals surface area contributed by atoms with Crippen molar-refractivity contribution in [2.24, 2.45) is 0 Å². The lowest BCUT2D eigenvalue weighted by Gasteiger charge is -2.32. The van der Waals surface area contributed by atoms with Gasteiger partial charge in [-0.2, -0.15) is 0 Å². The number of piperidine rings is 1. The number of halogens is 1. The Morgan fingerprint density at radius 3 is 3.19 bits per heavy atom. The van der Waals surface area contributed by atoms with Gasteiger partial charge in [-0.1, -0.05) is 17.7 Å². The molecule has 1 aliphatic rings. The molecule has 0 saturated carbocycles. The Morgan fingerprint density at radius 2 is 2.48 bits per heavy atom. The molecule has 2 aromatic rings. The third kappa shape index (κ3) is 3.87. The van der Waals surface area contributed by atoms with Crippen molar-refractivity contribution in [3.05, 3.63) is 45.4 Å². The van der Waals surface area contributed by atoms with E-state index < -0.39 is 0 Å². The van der Waals surface area contributed by atoms with Gasteiger partial charge in [-0.25, -0.2) is 0 Å². The maximum Gasteiger partial charge on any atom is 0.268 e. The standard InChI is InChI=1S/C15H18ClN3OS/c16-11-7-14(17-8-11)15(20)18-12-3-1-5-19(9-12)10-13-4-2-6-21-13/h2,4,6-8,12,17H,1,3,5,9-10H2,(H,18,20). The lowest BCUT2D eigenvalue weighted by Crippen LogP contribution is -2.47. The Balaban J connectivity index is 1.55. The van der Waals surface area contributed by atoms with Crippen LogP contribution in [0.3, 0.4) is 0 Å². The average Bonchev–Trinajstić information content (AvgIpc) is 3.11. The molecule has 21 heavy (non-hydrogen) atoms. The van der Waals surface area contributed by atoms with Crippen LogP contribution >= 0.6 is 22.9 Å². The number of nitrogens with one attached hydrogen (secondary N) is 2. The summed E-state index contributed by atoms with van der Waals surface area (Å²) in [7, 11) is 0. The average molecular weight is 324 g/mol. The van der Waals surface area contributed by atoms with E-state index in [1.165, 1.54) is 4.88 Å². The highest BCUT2D eigenvalue weighted by Gasteiger charge is 2.22. The Bertz CT molecular complexity index is 596. The summed E-state index contributed by atoms with van der Waals surface area (Å²) < 4.78 is 0. The van der Waals surface area contributed by atoms with Gasteiger partial charge in [0.2, 0.25) is 0 Å². The first-order valence-electron chi connectivity index (χ1n) is 7.10. The summed E-state index contributed by atoms with van der Waals surface area (Å²) in [5, 5.41) is 5.75. The van der Waals surface area contributed by atoms with Crippen molar-refractivity contribution in [2.75, 3.05) is 13.1 Å². The van der Waals surface area contributed by atoms with Crippen molar-refractivity contribution in [1.29, 1.82) is 0 Å². The number of aromatic amines is 1. The van der Waals surface area contributed by atoms with E-state index in [-0.39, 0.29) is 11.9 Å². The smallest absolute Gasteiger partial charge is 0.268 e. The zero-order valence-corrected chi connectivity index (χ0v) is 13.2. The van der Waals surface area contributed by atoms with Crippen molar-refractivity contribution in [1.82, 2.24) is 15.2 Å². The molecule has 0 spiro atoms. The lowest BCUT2D eigenvalue weighted by molar-refractivity contribution is 0.0897. The van der Waals surface area contributed by atoms with Crippen LogP contribution in [0.25, 0.3) is 0 Å². The normalized spacial score (nSPS) is 19.6. The molecule has 112 valence electrons. The molecule has 1 fully saturated rings. The van der Waals surface area contributed by atoms with Gasteiger partial charge in [-0.15, -0.1) is 11.3 Å². The van der Waals surface area contributed by atoms with Gasteiger partial charge in [-0.05, 0) is 36.9 Å². The van der Waals surface area contributed by atoms with Crippen molar-refractivity contribution in [3.63, 3.8) is 0 Å². The van der Waals surface area contributed by atoms with Gasteiger partial charge in [0.15, 0.2) is 0 Å². The van der Waals surface area contributed by atoms with Crippen LogP contribution in [0.15, 0.2) is 29.8 Å². The molecule has 2 N–H and O–H groups in total. The summed E-state index contributed by atoms with van der Waals surface area (Å²) in [6.07, 6.45) is 3.77. The molecule has 4 nitrogen and oxygen atoms in total. The molecule has 3 heterocycles. The molecule has 0 radical (unpaired) electrons. The van der Waals surface area contributed by atoms with Gasteiger partial charge in [0.05, 0.1) is 5.02 Å². The Labute approximate surface area is 133 Å². The number of likely N-dealkylation sites (tertiary alicyclic amines) is 1. The second-order valence-corrected chi connectivity index (χ2v) is 6.83. The van der Waals surface area contributed by atoms with Gasteiger partial charge in [0.1, 0.15) is 5.69 Å². The molecule has 0 aliphatic carbocycles. The second kappa shape index (κ2) is 6.64. The number of H-pyrrole nitrogens is 1. The minimum atomic E-state index is -0.0788. The molecule has 6 heteroatoms. The molecule has 1 amide bonds. The molecule has 0 aromatic carbocycles. The van der Waals surface area contributed by atoms with Crippen LogP contribution in [0.2, 0.25) is 5.02 Å². The SMILES string of the molecule is O=C(NC1CCCN(Cc2cccs2)C1)c1cc(Cl)c[nH]1. The van der Waals surface area contributed by atoms with Crippen molar-refractivity contribution >= 4 is 28.8 Å². The first kappa shape index (κ1) is 14.6. The van der Waals surface area contributed by atoms with E-state index >= 15 is 0 Å². The highest BCUT2D eigenvalue weighted by atomic mass is 35.5. The zero-order chi connectivity index (χ0) is 14.7. The van der Waals surface area contributed by atoms with Crippen LogP contribution in [-0.4, -0.2) is 34.9 Å². The van der Waals surface area contributed by atoms with Crippen LogP contribution < -0.4 is 5.32 Å². The van der Waals surface area contributed by atoms with Crippen LogP contribution in [0.5, 0.6) is 0 Å². The number of carbonyl (C=O) groups is 1. The first-order valence-corrected chi connectivity index (χ1v) is 8.36. The summed E-state index contributed by atoms with van der Waals surface area (Å²) in [5.74, 6) is -0.0788. The third-order valence-electron chi connectivity index (χ3n) is 3.69. The van der Waals surface area contributed by atoms with Crippen LogP contribution in [0.1, 0.15) is 28.2 Å². The number of amides is 1. The van der Waals surface area contributed by atoms with E-state index in [0.717, 1.165) is 32.5 Å². The molecule has 0 bridgehead atoms. The number of aromatic nitrogens is 1. The topological polar surface area (TPSA) is 48.1 Å². The van der Waals surface area contributed by atoms with Gasteiger partial charge in [0, 0.05) is 30.2 Å². The van der Waals surface area contributed by atoms with Gasteiger partial charge in [-0.3, -0.25) is 9.69 Å². The summed E-state index contributed by atoms with van der Waals surface area (Å²) in [5.41, 5.74) is 0.524. The minimum Gasteiger partial charge on any atom is -0.356 e. The predicted octanol–water partition coefficient (Wildman–Crippen LogP) is 3.12. The highest BCUT2D eigenvalue weighted by Crippen LogP contribution is 2.17. The van der Waals surface area contributed by atoms with Crippen molar-refractivity contribution < 1.29 is 4.79 Å². The summed E-state index contributed by atoms with van der Waals surface area (Å²) >= 11 is 7.61. The minimum absolute atomic E-state index is 0.0788. The van der Waals surface area contributed by atoms with Crippen LogP contribution in [0.4, 0.5) is 0 Å². The fourth-order valence-corrected chi connectivity index (χ4v) is 3.61. The largest absolute Gasteiger partial charge is 0.356 e. The Kier molecular flexibility index (Phi) is 4.63. The molecule has 3 rings (SSSR count). The Morgan fingerprint density at radius 1 is 1.57 bits per heavy atom. The second-order valence-electron chi connectivity index (χ2n) is 5.36. The van der Waals surface area contributed by atoms with Crippen LogP contribution in [0, 0.1) is 0 Å². The fourth-order valence-electron chi connectivity index (χ4n) is 2.70. The molecule has 2 aromatic heterocycles. The number of thiophene rings is 1. The van der Waals surface area contributed by atoms with Crippen LogP contribution in [-0.2, 0) is 6.54 Å². The lowest BCUT2D eigenvalue weighted by atomic mass is 10.1. The molecule has 1 saturated heterocycles. The van der Waals surface area contributed by atoms with E-state index in [0.29, 0.717) is 10.7 Å². The zero-order valence-electron chi connectivity index (χ0n) is 11.6. The summed E-state index contributed by atoms with van der Waals surface area (Å²) in [6, 6.07) is 6.10. The van der Waals surface area contributed by atoms with Gasteiger partial charge >= 0.3 is 0 Å². The van der Waals surface area contributed by atoms with E-state index in [1.54, 1.807) is 23.6 Å². The Hall–Kier alpha value is -1.30. The number of hydrogen-bond acceptors (Lipinski definition) is 3. The monoisotopic (exact) mass is 323 g/mol. The highest BCUT2D eigenvalue weighted by molar-refractivity contribution is 7.09. The maximum atomic E-state index is 12.1. The predicted molar refractivity (Wildman–Crippen MR) is 85.9 cm³/mol. The van der Waals surface area contributed by atoms with E-state index in [4.69, 9.17) is 11.6 Å².